The van der Waals surface area contributed by atoms with Crippen molar-refractivity contribution in [2.24, 2.45) is 5.18 Å². The lowest BCUT2D eigenvalue weighted by Gasteiger charge is -2.13. The second-order valence-electron chi connectivity index (χ2n) is 5.75. The van der Waals surface area contributed by atoms with Gasteiger partial charge in [-0.2, -0.15) is 4.91 Å². The fourth-order valence-electron chi connectivity index (χ4n) is 3.04. The van der Waals surface area contributed by atoms with Crippen molar-refractivity contribution in [3.05, 3.63) is 70.3 Å². The second-order valence-corrected chi connectivity index (χ2v) is 5.75. The quantitative estimate of drug-likeness (QED) is 0.589. The highest BCUT2D eigenvalue weighted by Gasteiger charge is 2.37. The van der Waals surface area contributed by atoms with E-state index in [0.29, 0.717) is 22.2 Å². The van der Waals surface area contributed by atoms with E-state index < -0.39 is 6.04 Å². The van der Waals surface area contributed by atoms with Crippen LogP contribution in [0.25, 0.3) is 10.9 Å². The minimum absolute atomic E-state index is 0.344. The monoisotopic (exact) mass is 319 g/mol. The number of aromatic amines is 1. The summed E-state index contributed by atoms with van der Waals surface area (Å²) in [5.74, 6) is -0.688. The summed E-state index contributed by atoms with van der Waals surface area (Å²) in [7, 11) is 0. The van der Waals surface area contributed by atoms with E-state index in [2.05, 4.69) is 10.2 Å². The van der Waals surface area contributed by atoms with E-state index >= 15 is 0 Å². The first-order valence-corrected chi connectivity index (χ1v) is 7.53. The number of imide groups is 1. The summed E-state index contributed by atoms with van der Waals surface area (Å²) in [5, 5.41) is 3.74. The van der Waals surface area contributed by atoms with Crippen molar-refractivity contribution in [1.82, 2.24) is 4.98 Å². The van der Waals surface area contributed by atoms with Crippen LogP contribution in [0.2, 0.25) is 0 Å². The van der Waals surface area contributed by atoms with Gasteiger partial charge < -0.3 is 4.98 Å². The topological polar surface area (TPSA) is 82.6 Å². The molecular formula is C18H13N3O3. The number of amides is 2. The molecule has 1 N–H and O–H groups in total. The van der Waals surface area contributed by atoms with Crippen molar-refractivity contribution in [2.45, 2.75) is 13.0 Å². The lowest BCUT2D eigenvalue weighted by molar-refractivity contribution is 0.0926. The lowest BCUT2D eigenvalue weighted by atomic mass is 10.1. The fourth-order valence-corrected chi connectivity index (χ4v) is 3.04. The molecular weight excluding hydrogens is 306 g/mol. The molecule has 1 unspecified atom stereocenters. The number of nitrogens with zero attached hydrogens (tertiary/aromatic N) is 2. The minimum atomic E-state index is -0.501. The molecule has 0 saturated heterocycles. The van der Waals surface area contributed by atoms with E-state index in [-0.39, 0.29) is 11.8 Å². The van der Waals surface area contributed by atoms with Crippen LogP contribution in [0, 0.1) is 4.91 Å². The molecule has 3 aromatic rings. The smallest absolute Gasteiger partial charge is 0.266 e. The van der Waals surface area contributed by atoms with Gasteiger partial charge in [0.1, 0.15) is 6.04 Å². The number of nitroso groups, excluding NO2 is 1. The first-order chi connectivity index (χ1) is 11.6. The molecule has 1 aliphatic heterocycles. The maximum Gasteiger partial charge on any atom is 0.266 e. The number of benzene rings is 2. The van der Waals surface area contributed by atoms with Gasteiger partial charge >= 0.3 is 0 Å². The van der Waals surface area contributed by atoms with Gasteiger partial charge in [0.2, 0.25) is 0 Å². The summed E-state index contributed by atoms with van der Waals surface area (Å²) in [6.07, 6.45) is 1.63. The molecule has 118 valence electrons. The molecule has 6 nitrogen and oxygen atoms in total. The number of H-pyrrole nitrogens is 1. The molecule has 0 fully saturated rings. The highest BCUT2D eigenvalue weighted by atomic mass is 16.3. The Morgan fingerprint density at radius 2 is 1.71 bits per heavy atom. The first kappa shape index (κ1) is 14.3. The van der Waals surface area contributed by atoms with Crippen molar-refractivity contribution in [2.75, 3.05) is 4.90 Å². The Morgan fingerprint density at radius 1 is 1.04 bits per heavy atom. The molecule has 2 aromatic carbocycles. The Bertz CT molecular complexity index is 971. The minimum Gasteiger partial charge on any atom is -0.359 e. The average molecular weight is 319 g/mol. The number of rotatable bonds is 3. The molecule has 0 spiro atoms. The van der Waals surface area contributed by atoms with Crippen molar-refractivity contribution >= 4 is 28.4 Å². The highest BCUT2D eigenvalue weighted by Crippen LogP contribution is 2.35. The van der Waals surface area contributed by atoms with Gasteiger partial charge in [0.05, 0.1) is 16.8 Å². The van der Waals surface area contributed by atoms with Gasteiger partial charge in [0.25, 0.3) is 11.8 Å². The van der Waals surface area contributed by atoms with Crippen molar-refractivity contribution < 1.29 is 9.59 Å². The van der Waals surface area contributed by atoms with Crippen LogP contribution < -0.4 is 4.90 Å². The van der Waals surface area contributed by atoms with Gasteiger partial charge in [-0.05, 0) is 36.8 Å². The van der Waals surface area contributed by atoms with Crippen molar-refractivity contribution in [1.29, 1.82) is 0 Å². The maximum atomic E-state index is 12.6. The molecule has 0 radical (unpaired) electrons. The van der Waals surface area contributed by atoms with Crippen molar-refractivity contribution in [3.63, 3.8) is 0 Å². The molecule has 2 amide bonds. The summed E-state index contributed by atoms with van der Waals surface area (Å²) >= 11 is 0. The summed E-state index contributed by atoms with van der Waals surface area (Å²) in [6.45, 7) is 1.70. The van der Waals surface area contributed by atoms with E-state index in [1.54, 1.807) is 49.5 Å². The number of aromatic nitrogens is 1. The fraction of sp³-hybridized carbons (Fsp3) is 0.111. The summed E-state index contributed by atoms with van der Waals surface area (Å²) in [6, 6.07) is 11.7. The standard InChI is InChI=1S/C18H13N3O3/c1-10(20-24)11-6-7-15-14(8-11)16(9-19-15)21-17(22)12-4-2-3-5-13(12)18(21)23/h2-10,19H,1H3. The normalized spacial score (nSPS) is 15.0. The average Bonchev–Trinajstić information content (AvgIpc) is 3.13. The number of fused-ring (bicyclic) bond motifs is 2. The van der Waals surface area contributed by atoms with Gasteiger partial charge in [-0.3, -0.25) is 9.59 Å². The Balaban J connectivity index is 1.87. The van der Waals surface area contributed by atoms with Crippen LogP contribution in [0.15, 0.2) is 53.8 Å². The third kappa shape index (κ3) is 1.89. The number of carbonyl (C=O) groups excluding carboxylic acids is 2. The van der Waals surface area contributed by atoms with Crippen LogP contribution in [-0.2, 0) is 0 Å². The third-order valence-corrected chi connectivity index (χ3v) is 4.36. The molecule has 0 bridgehead atoms. The zero-order valence-electron chi connectivity index (χ0n) is 12.8. The van der Waals surface area contributed by atoms with Crippen LogP contribution >= 0.6 is 0 Å². The summed E-state index contributed by atoms with van der Waals surface area (Å²) < 4.78 is 0. The van der Waals surface area contributed by atoms with E-state index in [1.165, 1.54) is 4.90 Å². The molecule has 2 heterocycles. The lowest BCUT2D eigenvalue weighted by Crippen LogP contribution is -2.29. The van der Waals surface area contributed by atoms with Crippen molar-refractivity contribution in [3.8, 4) is 0 Å². The van der Waals surface area contributed by atoms with E-state index in [1.807, 2.05) is 6.07 Å². The zero-order valence-corrected chi connectivity index (χ0v) is 12.8. The largest absolute Gasteiger partial charge is 0.359 e. The molecule has 24 heavy (non-hydrogen) atoms. The summed E-state index contributed by atoms with van der Waals surface area (Å²) in [4.78, 5) is 40.3. The first-order valence-electron chi connectivity index (χ1n) is 7.53. The number of hydrogen-bond donors (Lipinski definition) is 1. The van der Waals surface area contributed by atoms with E-state index in [9.17, 15) is 14.5 Å². The number of hydrogen-bond acceptors (Lipinski definition) is 4. The predicted molar refractivity (Wildman–Crippen MR) is 90.1 cm³/mol. The Morgan fingerprint density at radius 3 is 2.33 bits per heavy atom. The van der Waals surface area contributed by atoms with Crippen LogP contribution in [-0.4, -0.2) is 16.8 Å². The molecule has 6 heteroatoms. The van der Waals surface area contributed by atoms with Crippen LogP contribution in [0.4, 0.5) is 5.69 Å². The van der Waals surface area contributed by atoms with Gasteiger partial charge in [-0.1, -0.05) is 23.4 Å². The number of nitrogens with one attached hydrogen (secondary N) is 1. The maximum absolute atomic E-state index is 12.6. The Kier molecular flexibility index (Phi) is 3.06. The molecule has 1 aliphatic rings. The highest BCUT2D eigenvalue weighted by molar-refractivity contribution is 6.36. The Labute approximate surface area is 137 Å². The SMILES string of the molecule is CC(N=O)c1ccc2[nH]cc(N3C(=O)c4ccccc4C3=O)c2c1. The van der Waals surface area contributed by atoms with Gasteiger partial charge in [-0.25, -0.2) is 4.90 Å². The molecule has 4 rings (SSSR count). The zero-order chi connectivity index (χ0) is 16.8. The van der Waals surface area contributed by atoms with E-state index in [0.717, 1.165) is 11.1 Å². The predicted octanol–water partition coefficient (Wildman–Crippen LogP) is 3.80. The molecule has 0 saturated carbocycles. The van der Waals surface area contributed by atoms with E-state index in [4.69, 9.17) is 0 Å². The third-order valence-electron chi connectivity index (χ3n) is 4.36. The number of carbonyl (C=O) groups is 2. The van der Waals surface area contributed by atoms with Crippen LogP contribution in [0.3, 0.4) is 0 Å². The molecule has 1 aromatic heterocycles. The molecule has 0 aliphatic carbocycles. The Hall–Kier alpha value is -3.28. The van der Waals surface area contributed by atoms with Gasteiger partial charge in [0, 0.05) is 17.1 Å². The second kappa shape index (κ2) is 5.13. The molecule has 1 atom stereocenters. The summed E-state index contributed by atoms with van der Waals surface area (Å²) in [5.41, 5.74) is 2.79. The van der Waals surface area contributed by atoms with Gasteiger partial charge in [-0.15, -0.1) is 0 Å². The van der Waals surface area contributed by atoms with Gasteiger partial charge in [0.15, 0.2) is 0 Å². The van der Waals surface area contributed by atoms with Crippen LogP contribution in [0.1, 0.15) is 39.2 Å². The number of anilines is 1. The van der Waals surface area contributed by atoms with Crippen LogP contribution in [0.5, 0.6) is 0 Å².